The number of carbonyl (C=O) groups is 2. The number of hydrogen-bond donors (Lipinski definition) is 2. The van der Waals surface area contributed by atoms with E-state index in [1.807, 2.05) is 55.4 Å². The van der Waals surface area contributed by atoms with E-state index >= 15 is 0 Å². The van der Waals surface area contributed by atoms with Crippen LogP contribution >= 0.6 is 0 Å². The van der Waals surface area contributed by atoms with E-state index < -0.39 is 5.97 Å². The van der Waals surface area contributed by atoms with Crippen molar-refractivity contribution in [1.29, 1.82) is 0 Å². The molecule has 0 aliphatic heterocycles. The minimum atomic E-state index is -1.09. The molecule has 1 saturated carbocycles. The summed E-state index contributed by atoms with van der Waals surface area (Å²) >= 11 is 0. The van der Waals surface area contributed by atoms with E-state index in [1.165, 1.54) is 12.3 Å². The molecule has 192 valence electrons. The Hall–Kier alpha value is -4.11. The number of amides is 1. The number of rotatable bonds is 8. The van der Waals surface area contributed by atoms with Crippen LogP contribution in [-0.2, 0) is 16.1 Å². The minimum absolute atomic E-state index is 0.0589. The Morgan fingerprint density at radius 2 is 1.73 bits per heavy atom. The maximum atomic E-state index is 13.6. The van der Waals surface area contributed by atoms with Gasteiger partial charge in [0.1, 0.15) is 0 Å². The maximum Gasteiger partial charge on any atom is 0.328 e. The van der Waals surface area contributed by atoms with Crippen LogP contribution in [0.2, 0.25) is 0 Å². The van der Waals surface area contributed by atoms with Crippen LogP contribution in [0.1, 0.15) is 36.9 Å². The molecule has 9 nitrogen and oxygen atoms in total. The Kier molecular flexibility index (Phi) is 8.25. The van der Waals surface area contributed by atoms with Gasteiger partial charge in [-0.3, -0.25) is 9.78 Å². The highest BCUT2D eigenvalue weighted by atomic mass is 16.4. The van der Waals surface area contributed by atoms with Gasteiger partial charge in [0.25, 0.3) is 0 Å². The number of aromatic nitrogens is 3. The summed E-state index contributed by atoms with van der Waals surface area (Å²) in [6.45, 7) is 0.276. The van der Waals surface area contributed by atoms with E-state index in [9.17, 15) is 14.7 Å². The Balaban J connectivity index is 1.59. The monoisotopic (exact) mass is 501 g/mol. The van der Waals surface area contributed by atoms with Crippen LogP contribution in [-0.4, -0.2) is 57.5 Å². The van der Waals surface area contributed by atoms with E-state index in [1.54, 1.807) is 17.2 Å². The maximum absolute atomic E-state index is 13.6. The van der Waals surface area contributed by atoms with Gasteiger partial charge in [-0.2, -0.15) is 10.2 Å². The summed E-state index contributed by atoms with van der Waals surface area (Å²) in [5.41, 5.74) is 4.65. The van der Waals surface area contributed by atoms with Crippen molar-refractivity contribution in [3.8, 4) is 11.3 Å². The summed E-state index contributed by atoms with van der Waals surface area (Å²) in [6.07, 6.45) is 7.63. The zero-order chi connectivity index (χ0) is 26.4. The molecule has 4 rings (SSSR count). The van der Waals surface area contributed by atoms with E-state index in [-0.39, 0.29) is 24.5 Å². The fourth-order valence-corrected chi connectivity index (χ4v) is 4.40. The van der Waals surface area contributed by atoms with Crippen molar-refractivity contribution in [3.63, 3.8) is 0 Å². The Bertz CT molecular complexity index is 1250. The van der Waals surface area contributed by atoms with E-state index in [0.29, 0.717) is 37.1 Å². The van der Waals surface area contributed by atoms with Gasteiger partial charge >= 0.3 is 5.97 Å². The van der Waals surface area contributed by atoms with Crippen LogP contribution in [0, 0.1) is 5.92 Å². The van der Waals surface area contributed by atoms with Gasteiger partial charge in [-0.15, -0.1) is 0 Å². The second-order valence-corrected chi connectivity index (χ2v) is 9.43. The third-order valence-corrected chi connectivity index (χ3v) is 6.52. The predicted molar refractivity (Wildman–Crippen MR) is 142 cm³/mol. The van der Waals surface area contributed by atoms with Gasteiger partial charge < -0.3 is 20.0 Å². The summed E-state index contributed by atoms with van der Waals surface area (Å²) in [6, 6.07) is 13.7. The van der Waals surface area contributed by atoms with E-state index in [0.717, 1.165) is 28.6 Å². The molecule has 0 radical (unpaired) electrons. The minimum Gasteiger partial charge on any atom is -0.478 e. The highest BCUT2D eigenvalue weighted by Gasteiger charge is 2.30. The summed E-state index contributed by atoms with van der Waals surface area (Å²) in [7, 11) is 3.99. The van der Waals surface area contributed by atoms with Gasteiger partial charge in [-0.25, -0.2) is 4.79 Å². The summed E-state index contributed by atoms with van der Waals surface area (Å²) in [4.78, 5) is 32.9. The average molecular weight is 502 g/mol. The molecule has 2 heterocycles. The van der Waals surface area contributed by atoms with Gasteiger partial charge in [0, 0.05) is 43.5 Å². The zero-order valence-corrected chi connectivity index (χ0v) is 21.0. The molecule has 1 aliphatic rings. The lowest BCUT2D eigenvalue weighted by Gasteiger charge is -2.30. The number of carboxylic acids is 1. The van der Waals surface area contributed by atoms with Crippen molar-refractivity contribution in [2.24, 2.45) is 5.92 Å². The van der Waals surface area contributed by atoms with Crippen molar-refractivity contribution < 1.29 is 19.8 Å². The Labute approximate surface area is 216 Å². The topological polar surface area (TPSA) is 120 Å². The highest BCUT2D eigenvalue weighted by Crippen LogP contribution is 2.29. The Morgan fingerprint density at radius 1 is 1.00 bits per heavy atom. The fourth-order valence-electron chi connectivity index (χ4n) is 4.40. The van der Waals surface area contributed by atoms with Crippen LogP contribution in [0.3, 0.4) is 0 Å². The predicted octanol–water partition coefficient (Wildman–Crippen LogP) is 3.79. The van der Waals surface area contributed by atoms with Crippen molar-refractivity contribution in [1.82, 2.24) is 15.2 Å². The van der Waals surface area contributed by atoms with Gasteiger partial charge in [0.2, 0.25) is 5.91 Å². The molecule has 1 amide bonds. The first-order valence-corrected chi connectivity index (χ1v) is 12.3. The second-order valence-electron chi connectivity index (χ2n) is 9.43. The summed E-state index contributed by atoms with van der Waals surface area (Å²) in [5.74, 6) is -1.36. The Morgan fingerprint density at radius 3 is 2.35 bits per heavy atom. The molecule has 0 unspecified atom stereocenters. The van der Waals surface area contributed by atoms with Crippen LogP contribution in [0.25, 0.3) is 17.3 Å². The quantitative estimate of drug-likeness (QED) is 0.448. The van der Waals surface area contributed by atoms with Crippen molar-refractivity contribution in [2.75, 3.05) is 23.9 Å². The highest BCUT2D eigenvalue weighted by molar-refractivity contribution is 5.95. The molecule has 9 heteroatoms. The zero-order valence-electron chi connectivity index (χ0n) is 21.0. The molecule has 2 aromatic heterocycles. The number of anilines is 2. The molecule has 0 bridgehead atoms. The number of pyridine rings is 1. The smallest absolute Gasteiger partial charge is 0.328 e. The summed E-state index contributed by atoms with van der Waals surface area (Å²) in [5, 5.41) is 26.8. The average Bonchev–Trinajstić information content (AvgIpc) is 2.91. The van der Waals surface area contributed by atoms with Gasteiger partial charge in [-0.05, 0) is 61.6 Å². The molecule has 1 aliphatic carbocycles. The fraction of sp³-hybridized carbons (Fsp3) is 0.321. The number of carbonyl (C=O) groups excluding carboxylic acids is 1. The number of hydrogen-bond acceptors (Lipinski definition) is 7. The molecular formula is C28H31N5O4. The number of aliphatic hydroxyl groups is 1. The number of carboxylic acid groups (broad SMARTS) is 1. The van der Waals surface area contributed by atoms with Crippen LogP contribution in [0.4, 0.5) is 11.4 Å². The largest absolute Gasteiger partial charge is 0.478 e. The number of aliphatic hydroxyl groups excluding tert-OH is 1. The second kappa shape index (κ2) is 11.7. The van der Waals surface area contributed by atoms with Gasteiger partial charge in [0.05, 0.1) is 35.9 Å². The SMILES string of the molecule is CN(C)c1ccc(-c2ccc(CN(C(=O)C3CCC(O)CC3)c3cnnc(/C=C/C(=O)O)c3)cn2)cc1. The van der Waals surface area contributed by atoms with Crippen LogP contribution in [0.15, 0.2) is 60.9 Å². The lowest BCUT2D eigenvalue weighted by molar-refractivity contribution is -0.131. The van der Waals surface area contributed by atoms with Gasteiger partial charge in [-0.1, -0.05) is 18.2 Å². The molecule has 2 N–H and O–H groups in total. The molecule has 0 spiro atoms. The molecule has 3 aromatic rings. The van der Waals surface area contributed by atoms with E-state index in [4.69, 9.17) is 5.11 Å². The third-order valence-electron chi connectivity index (χ3n) is 6.52. The number of nitrogens with zero attached hydrogens (tertiary/aromatic N) is 5. The first kappa shape index (κ1) is 26.0. The first-order valence-electron chi connectivity index (χ1n) is 12.3. The summed E-state index contributed by atoms with van der Waals surface area (Å²) < 4.78 is 0. The van der Waals surface area contributed by atoms with Crippen molar-refractivity contribution >= 4 is 29.3 Å². The van der Waals surface area contributed by atoms with E-state index in [2.05, 4.69) is 15.2 Å². The van der Waals surface area contributed by atoms with Crippen LogP contribution < -0.4 is 9.80 Å². The molecule has 0 saturated heterocycles. The molecule has 1 aromatic carbocycles. The third kappa shape index (κ3) is 6.77. The molecule has 1 fully saturated rings. The first-order chi connectivity index (χ1) is 17.8. The number of aliphatic carboxylic acids is 1. The molecule has 37 heavy (non-hydrogen) atoms. The molecule has 0 atom stereocenters. The van der Waals surface area contributed by atoms with Crippen molar-refractivity contribution in [2.45, 2.75) is 38.3 Å². The van der Waals surface area contributed by atoms with Crippen LogP contribution in [0.5, 0.6) is 0 Å². The van der Waals surface area contributed by atoms with Gasteiger partial charge in [0.15, 0.2) is 0 Å². The lowest BCUT2D eigenvalue weighted by atomic mass is 9.86. The normalized spacial score (nSPS) is 17.5. The standard InChI is InChI=1S/C28H31N5O4/c1-32(2)23-9-4-20(5-10-23)26-13-3-19(16-29-26)18-33(28(37)21-6-11-25(34)12-7-21)24-15-22(31-30-17-24)8-14-27(35)36/h3-5,8-10,13-17,21,25,34H,6-7,11-12,18H2,1-2H3,(H,35,36)/b14-8+. The number of benzene rings is 1. The molecular weight excluding hydrogens is 470 g/mol. The van der Waals surface area contributed by atoms with Crippen molar-refractivity contribution in [3.05, 3.63) is 72.2 Å². The lowest BCUT2D eigenvalue weighted by Crippen LogP contribution is -2.38.